The van der Waals surface area contributed by atoms with Crippen LogP contribution < -0.4 is 10.1 Å². The number of para-hydroxylation sites is 1. The maximum absolute atomic E-state index is 5.80. The summed E-state index contributed by atoms with van der Waals surface area (Å²) in [6, 6.07) is 16.6. The number of ether oxygens (including phenoxy) is 2. The maximum atomic E-state index is 5.80. The van der Waals surface area contributed by atoms with Crippen molar-refractivity contribution in [3.63, 3.8) is 0 Å². The summed E-state index contributed by atoms with van der Waals surface area (Å²) < 4.78 is 11.0. The van der Waals surface area contributed by atoms with Gasteiger partial charge in [0.15, 0.2) is 5.11 Å². The van der Waals surface area contributed by atoms with Gasteiger partial charge in [-0.3, -0.25) is 4.90 Å². The van der Waals surface area contributed by atoms with Crippen LogP contribution in [0.5, 0.6) is 5.75 Å². The van der Waals surface area contributed by atoms with Crippen LogP contribution in [0.25, 0.3) is 0 Å². The van der Waals surface area contributed by atoms with Gasteiger partial charge in [0.1, 0.15) is 5.75 Å². The molecule has 0 bridgehead atoms. The fourth-order valence-corrected chi connectivity index (χ4v) is 3.68. The van der Waals surface area contributed by atoms with Crippen LogP contribution in [0.2, 0.25) is 0 Å². The molecule has 2 aromatic carbocycles. The number of aryl methyl sites for hydroxylation is 1. The summed E-state index contributed by atoms with van der Waals surface area (Å²) in [5.41, 5.74) is 3.46. The van der Waals surface area contributed by atoms with Crippen molar-refractivity contribution in [1.82, 2.24) is 9.80 Å². The van der Waals surface area contributed by atoms with Crippen LogP contribution in [0.15, 0.2) is 48.5 Å². The number of hydrogen-bond acceptors (Lipinski definition) is 4. The van der Waals surface area contributed by atoms with Crippen molar-refractivity contribution in [3.8, 4) is 5.75 Å². The minimum Gasteiger partial charge on any atom is -0.496 e. The first kappa shape index (κ1) is 21.6. The Balaban J connectivity index is 1.70. The van der Waals surface area contributed by atoms with Crippen LogP contribution >= 0.6 is 12.2 Å². The minimum atomic E-state index is 0.702. The molecular formula is C23H31N3O2S. The molecule has 1 fully saturated rings. The first-order chi connectivity index (χ1) is 14.2. The van der Waals surface area contributed by atoms with E-state index in [2.05, 4.69) is 52.4 Å². The third-order valence-corrected chi connectivity index (χ3v) is 5.60. The summed E-state index contributed by atoms with van der Waals surface area (Å²) in [6.45, 7) is 8.22. The van der Waals surface area contributed by atoms with E-state index < -0.39 is 0 Å². The lowest BCUT2D eigenvalue weighted by Gasteiger charge is -2.31. The van der Waals surface area contributed by atoms with Crippen molar-refractivity contribution < 1.29 is 9.47 Å². The topological polar surface area (TPSA) is 37.0 Å². The minimum absolute atomic E-state index is 0.702. The molecule has 1 aliphatic heterocycles. The summed E-state index contributed by atoms with van der Waals surface area (Å²) >= 11 is 5.80. The Labute approximate surface area is 179 Å². The predicted molar refractivity (Wildman–Crippen MR) is 123 cm³/mol. The molecule has 1 N–H and O–H groups in total. The van der Waals surface area contributed by atoms with Gasteiger partial charge in [-0.15, -0.1) is 0 Å². The Morgan fingerprint density at radius 1 is 1.14 bits per heavy atom. The van der Waals surface area contributed by atoms with E-state index in [1.165, 1.54) is 5.56 Å². The second-order valence-electron chi connectivity index (χ2n) is 7.17. The van der Waals surface area contributed by atoms with Gasteiger partial charge in [0.2, 0.25) is 0 Å². The molecule has 0 saturated carbocycles. The Bertz CT molecular complexity index is 776. The van der Waals surface area contributed by atoms with E-state index in [9.17, 15) is 0 Å². The highest BCUT2D eigenvalue weighted by Gasteiger charge is 2.16. The van der Waals surface area contributed by atoms with Gasteiger partial charge in [0.25, 0.3) is 0 Å². The third-order valence-electron chi connectivity index (χ3n) is 5.24. The van der Waals surface area contributed by atoms with Crippen molar-refractivity contribution >= 4 is 23.0 Å². The molecule has 1 aliphatic rings. The predicted octanol–water partition coefficient (Wildman–Crippen LogP) is 3.79. The lowest BCUT2D eigenvalue weighted by Crippen LogP contribution is -2.44. The van der Waals surface area contributed by atoms with Crippen LogP contribution in [-0.2, 0) is 17.7 Å². The van der Waals surface area contributed by atoms with Gasteiger partial charge in [-0.1, -0.05) is 37.3 Å². The maximum Gasteiger partial charge on any atom is 0.173 e. The number of thiocarbonyl (C=S) groups is 1. The number of anilines is 1. The van der Waals surface area contributed by atoms with E-state index in [-0.39, 0.29) is 0 Å². The van der Waals surface area contributed by atoms with Crippen molar-refractivity contribution in [2.75, 3.05) is 51.8 Å². The summed E-state index contributed by atoms with van der Waals surface area (Å²) in [5.74, 6) is 0.888. The number of nitrogens with one attached hydrogen (secondary N) is 1. The van der Waals surface area contributed by atoms with Gasteiger partial charge < -0.3 is 19.7 Å². The summed E-state index contributed by atoms with van der Waals surface area (Å²) in [7, 11) is 1.71. The monoisotopic (exact) mass is 413 g/mol. The molecule has 0 unspecified atom stereocenters. The number of hydrogen-bond donors (Lipinski definition) is 1. The second-order valence-corrected chi connectivity index (χ2v) is 7.55. The molecule has 0 aromatic heterocycles. The molecule has 1 heterocycles. The Morgan fingerprint density at radius 3 is 2.55 bits per heavy atom. The molecular weight excluding hydrogens is 382 g/mol. The second kappa shape index (κ2) is 11.1. The number of nitrogens with zero attached hydrogens (tertiary/aromatic N) is 2. The molecule has 29 heavy (non-hydrogen) atoms. The lowest BCUT2D eigenvalue weighted by molar-refractivity contribution is 0.0358. The van der Waals surface area contributed by atoms with Crippen LogP contribution in [-0.4, -0.2) is 61.4 Å². The molecule has 0 atom stereocenters. The van der Waals surface area contributed by atoms with E-state index in [1.807, 2.05) is 18.2 Å². The number of methoxy groups -OCH3 is 1. The van der Waals surface area contributed by atoms with Gasteiger partial charge in [0.05, 0.1) is 20.3 Å². The first-order valence-corrected chi connectivity index (χ1v) is 10.7. The lowest BCUT2D eigenvalue weighted by atomic mass is 10.1. The number of benzene rings is 2. The van der Waals surface area contributed by atoms with E-state index in [1.54, 1.807) is 7.11 Å². The van der Waals surface area contributed by atoms with Crippen molar-refractivity contribution in [3.05, 3.63) is 59.7 Å². The summed E-state index contributed by atoms with van der Waals surface area (Å²) in [6.07, 6.45) is 1.03. The molecule has 5 nitrogen and oxygen atoms in total. The molecule has 156 valence electrons. The number of rotatable bonds is 8. The van der Waals surface area contributed by atoms with Gasteiger partial charge in [-0.05, 0) is 42.4 Å². The van der Waals surface area contributed by atoms with Crippen molar-refractivity contribution in [2.24, 2.45) is 0 Å². The fourth-order valence-electron chi connectivity index (χ4n) is 3.40. The van der Waals surface area contributed by atoms with E-state index >= 15 is 0 Å². The zero-order valence-corrected chi connectivity index (χ0v) is 18.2. The normalized spacial score (nSPS) is 14.4. The van der Waals surface area contributed by atoms with Crippen LogP contribution in [0.4, 0.5) is 5.69 Å². The Morgan fingerprint density at radius 2 is 1.86 bits per heavy atom. The van der Waals surface area contributed by atoms with Crippen LogP contribution in [0.3, 0.4) is 0 Å². The standard InChI is InChI=1S/C23H31N3O2S/c1-3-19-8-10-21(11-9-19)24-23(29)26(13-12-25-14-16-28-17-15-25)18-20-6-4-5-7-22(20)27-2/h4-11H,3,12-18H2,1-2H3,(H,24,29). The highest BCUT2D eigenvalue weighted by molar-refractivity contribution is 7.80. The average Bonchev–Trinajstić information content (AvgIpc) is 2.78. The summed E-state index contributed by atoms with van der Waals surface area (Å²) in [4.78, 5) is 4.65. The Kier molecular flexibility index (Phi) is 8.28. The van der Waals surface area contributed by atoms with Gasteiger partial charge in [-0.2, -0.15) is 0 Å². The molecule has 0 aliphatic carbocycles. The SMILES string of the molecule is CCc1ccc(NC(=S)N(CCN2CCOCC2)Cc2ccccc2OC)cc1. The van der Waals surface area contributed by atoms with Gasteiger partial charge in [-0.25, -0.2) is 0 Å². The fraction of sp³-hybridized carbons (Fsp3) is 0.435. The highest BCUT2D eigenvalue weighted by atomic mass is 32.1. The first-order valence-electron chi connectivity index (χ1n) is 10.3. The smallest absolute Gasteiger partial charge is 0.173 e. The van der Waals surface area contributed by atoms with E-state index in [0.717, 1.165) is 67.9 Å². The van der Waals surface area contributed by atoms with Gasteiger partial charge in [0, 0.05) is 44.0 Å². The zero-order chi connectivity index (χ0) is 20.5. The van der Waals surface area contributed by atoms with E-state index in [4.69, 9.17) is 21.7 Å². The molecule has 2 aromatic rings. The van der Waals surface area contributed by atoms with Gasteiger partial charge >= 0.3 is 0 Å². The Hall–Kier alpha value is -2.15. The van der Waals surface area contributed by atoms with Crippen LogP contribution in [0, 0.1) is 0 Å². The quantitative estimate of drug-likeness (QED) is 0.664. The molecule has 0 radical (unpaired) electrons. The molecule has 1 saturated heterocycles. The largest absolute Gasteiger partial charge is 0.496 e. The number of morpholine rings is 1. The molecule has 0 spiro atoms. The molecule has 3 rings (SSSR count). The zero-order valence-electron chi connectivity index (χ0n) is 17.4. The molecule has 0 amide bonds. The van der Waals surface area contributed by atoms with Crippen LogP contribution in [0.1, 0.15) is 18.1 Å². The van der Waals surface area contributed by atoms with Crippen molar-refractivity contribution in [2.45, 2.75) is 19.9 Å². The average molecular weight is 414 g/mol. The van der Waals surface area contributed by atoms with Crippen molar-refractivity contribution in [1.29, 1.82) is 0 Å². The highest BCUT2D eigenvalue weighted by Crippen LogP contribution is 2.20. The third kappa shape index (κ3) is 6.42. The van der Waals surface area contributed by atoms with E-state index in [0.29, 0.717) is 6.54 Å². The molecule has 6 heteroatoms. The summed E-state index contributed by atoms with van der Waals surface area (Å²) in [5, 5.41) is 4.14.